The van der Waals surface area contributed by atoms with Gasteiger partial charge in [-0.15, -0.1) is 0 Å². The van der Waals surface area contributed by atoms with Crippen molar-refractivity contribution in [3.8, 4) is 23.0 Å². The zero-order chi connectivity index (χ0) is 31.6. The van der Waals surface area contributed by atoms with E-state index in [0.717, 1.165) is 51.3 Å². The molecule has 0 aromatic heterocycles. The fraction of sp³-hybridized carbons (Fsp3) is 0.0455. The van der Waals surface area contributed by atoms with E-state index in [1.165, 1.54) is 27.2 Å². The molecule has 1 aliphatic carbocycles. The minimum absolute atomic E-state index is 0.0126. The number of rotatable bonds is 4. The van der Waals surface area contributed by atoms with E-state index in [4.69, 9.17) is 9.47 Å². The smallest absolute Gasteiger partial charge is 0.176 e. The van der Waals surface area contributed by atoms with Crippen LogP contribution in [0.15, 0.2) is 176 Å². The van der Waals surface area contributed by atoms with Gasteiger partial charge in [0.05, 0.1) is 11.7 Å². The van der Waals surface area contributed by atoms with E-state index in [1.54, 1.807) is 0 Å². The second-order valence-corrected chi connectivity index (χ2v) is 12.5. The van der Waals surface area contributed by atoms with Crippen LogP contribution in [0.3, 0.4) is 0 Å². The van der Waals surface area contributed by atoms with Gasteiger partial charge in [-0.3, -0.25) is 0 Å². The zero-order valence-electron chi connectivity index (χ0n) is 26.0. The average molecular weight is 619 g/mol. The quantitative estimate of drug-likeness (QED) is 0.183. The van der Waals surface area contributed by atoms with E-state index >= 15 is 0 Å². The molecular weight excluding hydrogens is 588 g/mol. The standard InChI is InChI=1S/C44H30N2O2/c1-3-15-31(16-4-1)45(32-17-5-2-6-18-32)33-23-24-37-36(28-33)42-38(25-26-41-44(42)48-40-22-12-11-21-39(40)47-41)46(37)43-34-19-9-7-13-29(34)27-30-14-8-10-20-35(30)43/h1-28,36-37H. The lowest BCUT2D eigenvalue weighted by molar-refractivity contribution is 0.356. The van der Waals surface area contributed by atoms with Crippen molar-refractivity contribution in [2.24, 2.45) is 0 Å². The van der Waals surface area contributed by atoms with Crippen LogP contribution in [-0.2, 0) is 0 Å². The Balaban J connectivity index is 1.22. The Morgan fingerprint density at radius 1 is 0.542 bits per heavy atom. The maximum absolute atomic E-state index is 6.77. The van der Waals surface area contributed by atoms with Crippen LogP contribution in [0, 0.1) is 0 Å². The van der Waals surface area contributed by atoms with Crippen LogP contribution in [0.4, 0.5) is 22.7 Å². The van der Waals surface area contributed by atoms with Gasteiger partial charge in [-0.1, -0.05) is 109 Å². The summed E-state index contributed by atoms with van der Waals surface area (Å²) in [5.74, 6) is 2.97. The molecule has 48 heavy (non-hydrogen) atoms. The number of hydrogen-bond donors (Lipinski definition) is 0. The van der Waals surface area contributed by atoms with Gasteiger partial charge < -0.3 is 19.3 Å². The van der Waals surface area contributed by atoms with Gasteiger partial charge in [0, 0.05) is 45.0 Å². The predicted octanol–water partition coefficient (Wildman–Crippen LogP) is 11.8. The Kier molecular flexibility index (Phi) is 5.97. The first-order chi connectivity index (χ1) is 23.8. The summed E-state index contributed by atoms with van der Waals surface area (Å²) in [7, 11) is 0. The van der Waals surface area contributed by atoms with E-state index in [9.17, 15) is 0 Å². The van der Waals surface area contributed by atoms with Crippen LogP contribution in [0.25, 0.3) is 21.5 Å². The van der Waals surface area contributed by atoms with Gasteiger partial charge in [0.2, 0.25) is 0 Å². The van der Waals surface area contributed by atoms with Gasteiger partial charge in [-0.2, -0.15) is 0 Å². The van der Waals surface area contributed by atoms with Crippen molar-refractivity contribution < 1.29 is 9.47 Å². The van der Waals surface area contributed by atoms with E-state index in [2.05, 4.69) is 155 Å². The third-order valence-corrected chi connectivity index (χ3v) is 9.76. The third kappa shape index (κ3) is 4.09. The van der Waals surface area contributed by atoms with Gasteiger partial charge in [0.15, 0.2) is 23.0 Å². The number of nitrogens with zero attached hydrogens (tertiary/aromatic N) is 2. The van der Waals surface area contributed by atoms with E-state index in [-0.39, 0.29) is 12.0 Å². The SMILES string of the molecule is C1=CC2C(C=C1N(c1ccccc1)c1ccccc1)c1c(ccc3c1Oc1ccccc1O3)N2c1c2ccccc2cc2ccccc12. The van der Waals surface area contributed by atoms with Crippen molar-refractivity contribution in [3.05, 3.63) is 181 Å². The molecule has 2 heterocycles. The van der Waals surface area contributed by atoms with Crippen molar-refractivity contribution >= 4 is 44.3 Å². The second kappa shape index (κ2) is 10.6. The molecule has 10 rings (SSSR count). The molecule has 0 saturated carbocycles. The Morgan fingerprint density at radius 3 is 1.79 bits per heavy atom. The van der Waals surface area contributed by atoms with E-state index in [0.29, 0.717) is 0 Å². The highest BCUT2D eigenvalue weighted by molar-refractivity contribution is 6.13. The lowest BCUT2D eigenvalue weighted by Gasteiger charge is -2.34. The molecule has 0 saturated heterocycles. The molecule has 4 nitrogen and oxygen atoms in total. The Labute approximate surface area is 279 Å². The topological polar surface area (TPSA) is 24.9 Å². The molecule has 0 amide bonds. The van der Waals surface area contributed by atoms with Crippen molar-refractivity contribution in [3.63, 3.8) is 0 Å². The van der Waals surface area contributed by atoms with Crippen LogP contribution in [-0.4, -0.2) is 6.04 Å². The molecule has 4 heteroatoms. The maximum Gasteiger partial charge on any atom is 0.176 e. The molecule has 0 N–H and O–H groups in total. The minimum Gasteiger partial charge on any atom is -0.449 e. The van der Waals surface area contributed by atoms with Crippen LogP contribution in [0.2, 0.25) is 0 Å². The highest BCUT2D eigenvalue weighted by Gasteiger charge is 2.44. The van der Waals surface area contributed by atoms with Crippen LogP contribution >= 0.6 is 0 Å². The van der Waals surface area contributed by atoms with Crippen molar-refractivity contribution in [2.75, 3.05) is 9.80 Å². The van der Waals surface area contributed by atoms with Crippen LogP contribution in [0.1, 0.15) is 11.5 Å². The second-order valence-electron chi connectivity index (χ2n) is 12.5. The molecule has 0 fully saturated rings. The van der Waals surface area contributed by atoms with Crippen molar-refractivity contribution in [1.82, 2.24) is 0 Å². The summed E-state index contributed by atoms with van der Waals surface area (Å²) in [6.07, 6.45) is 7.08. The van der Waals surface area contributed by atoms with E-state index < -0.39 is 0 Å². The summed E-state index contributed by atoms with van der Waals surface area (Å²) < 4.78 is 13.3. The highest BCUT2D eigenvalue weighted by Crippen LogP contribution is 2.59. The normalized spacial score (nSPS) is 17.1. The van der Waals surface area contributed by atoms with Gasteiger partial charge in [-0.25, -0.2) is 0 Å². The predicted molar refractivity (Wildman–Crippen MR) is 195 cm³/mol. The fourth-order valence-corrected chi connectivity index (χ4v) is 7.72. The third-order valence-electron chi connectivity index (χ3n) is 9.76. The molecule has 0 bridgehead atoms. The average Bonchev–Trinajstić information content (AvgIpc) is 3.47. The summed E-state index contributed by atoms with van der Waals surface area (Å²) in [5, 5.41) is 4.89. The first kappa shape index (κ1) is 26.9. The fourth-order valence-electron chi connectivity index (χ4n) is 7.72. The van der Waals surface area contributed by atoms with Gasteiger partial charge in [0.25, 0.3) is 0 Å². The molecule has 2 atom stereocenters. The number of hydrogen-bond acceptors (Lipinski definition) is 4. The Bertz CT molecular complexity index is 2340. The molecule has 7 aromatic rings. The van der Waals surface area contributed by atoms with Gasteiger partial charge >= 0.3 is 0 Å². The van der Waals surface area contributed by atoms with E-state index in [1.807, 2.05) is 24.3 Å². The number of para-hydroxylation sites is 4. The molecule has 228 valence electrons. The molecule has 0 spiro atoms. The zero-order valence-corrected chi connectivity index (χ0v) is 26.0. The summed E-state index contributed by atoms with van der Waals surface area (Å²) >= 11 is 0. The summed E-state index contributed by atoms with van der Waals surface area (Å²) in [6.45, 7) is 0. The minimum atomic E-state index is -0.0172. The number of ether oxygens (including phenoxy) is 2. The summed E-state index contributed by atoms with van der Waals surface area (Å²) in [4.78, 5) is 4.87. The Morgan fingerprint density at radius 2 is 1.12 bits per heavy atom. The molecule has 0 radical (unpaired) electrons. The maximum atomic E-state index is 6.77. The lowest BCUT2D eigenvalue weighted by Crippen LogP contribution is -2.31. The van der Waals surface area contributed by atoms with Crippen LogP contribution in [0.5, 0.6) is 23.0 Å². The van der Waals surface area contributed by atoms with Crippen molar-refractivity contribution in [1.29, 1.82) is 0 Å². The lowest BCUT2D eigenvalue weighted by atomic mass is 9.88. The number of benzene rings is 7. The van der Waals surface area contributed by atoms with Crippen molar-refractivity contribution in [2.45, 2.75) is 12.0 Å². The van der Waals surface area contributed by atoms with Gasteiger partial charge in [-0.05, 0) is 71.4 Å². The number of allylic oxidation sites excluding steroid dienone is 1. The molecule has 7 aromatic carbocycles. The van der Waals surface area contributed by atoms with Gasteiger partial charge in [0.1, 0.15) is 0 Å². The highest BCUT2D eigenvalue weighted by atomic mass is 16.6. The largest absolute Gasteiger partial charge is 0.449 e. The first-order valence-electron chi connectivity index (χ1n) is 16.4. The molecule has 2 unspecified atom stereocenters. The Hall–Kier alpha value is -6.26. The molecule has 2 aliphatic heterocycles. The summed E-state index contributed by atoms with van der Waals surface area (Å²) in [5.41, 5.74) is 6.79. The monoisotopic (exact) mass is 618 g/mol. The molecule has 3 aliphatic rings. The first-order valence-corrected chi connectivity index (χ1v) is 16.4. The molecular formula is C44H30N2O2. The number of anilines is 4. The van der Waals surface area contributed by atoms with Crippen LogP contribution < -0.4 is 19.3 Å². The number of fused-ring (bicyclic) bond motifs is 8. The summed E-state index contributed by atoms with van der Waals surface area (Å²) in [6, 6.07) is 53.1.